The summed E-state index contributed by atoms with van der Waals surface area (Å²) in [5.41, 5.74) is 1.19. The Balaban J connectivity index is 2.06. The molecule has 0 unspecified atom stereocenters. The molecular formula is C14H15BrFN3OS. The van der Waals surface area contributed by atoms with Crippen molar-refractivity contribution in [2.24, 2.45) is 0 Å². The molecule has 1 heterocycles. The summed E-state index contributed by atoms with van der Waals surface area (Å²) in [5.74, 6) is -0.350. The Bertz CT molecular complexity index is 647. The smallest absolute Gasteiger partial charge is 0.225 e. The molecule has 4 nitrogen and oxygen atoms in total. The van der Waals surface area contributed by atoms with Crippen LogP contribution in [0.4, 0.5) is 15.2 Å². The molecule has 0 aliphatic carbocycles. The topological polar surface area (TPSA) is 45.2 Å². The molecule has 0 radical (unpaired) electrons. The van der Waals surface area contributed by atoms with E-state index in [-0.39, 0.29) is 11.7 Å². The van der Waals surface area contributed by atoms with Gasteiger partial charge in [-0.05, 0) is 25.1 Å². The number of carbonyl (C=O) groups excluding carboxylic acids is 1. The zero-order valence-electron chi connectivity index (χ0n) is 11.7. The average Bonchev–Trinajstić information content (AvgIpc) is 2.89. The molecule has 0 atom stereocenters. The van der Waals surface area contributed by atoms with E-state index in [0.29, 0.717) is 23.9 Å². The molecule has 1 aromatic carbocycles. The number of thiazole rings is 1. The van der Waals surface area contributed by atoms with Crippen molar-refractivity contribution in [3.05, 3.63) is 39.6 Å². The summed E-state index contributed by atoms with van der Waals surface area (Å²) in [7, 11) is 0. The maximum atomic E-state index is 13.6. The van der Waals surface area contributed by atoms with Crippen LogP contribution in [0.25, 0.3) is 0 Å². The Morgan fingerprint density at radius 1 is 1.52 bits per heavy atom. The summed E-state index contributed by atoms with van der Waals surface area (Å²) in [6, 6.07) is 4.72. The number of carbonyl (C=O) groups is 1. The summed E-state index contributed by atoms with van der Waals surface area (Å²) < 4.78 is 14.4. The van der Waals surface area contributed by atoms with Crippen LogP contribution in [-0.4, -0.2) is 17.4 Å². The van der Waals surface area contributed by atoms with E-state index in [1.807, 2.05) is 12.3 Å². The van der Waals surface area contributed by atoms with Gasteiger partial charge in [-0.1, -0.05) is 15.9 Å². The van der Waals surface area contributed by atoms with E-state index in [0.717, 1.165) is 10.2 Å². The van der Waals surface area contributed by atoms with Gasteiger partial charge >= 0.3 is 0 Å². The molecular weight excluding hydrogens is 357 g/mol. The van der Waals surface area contributed by atoms with Gasteiger partial charge in [0.25, 0.3) is 0 Å². The number of benzene rings is 1. The fourth-order valence-corrected chi connectivity index (χ4v) is 3.11. The van der Waals surface area contributed by atoms with Crippen molar-refractivity contribution in [2.75, 3.05) is 16.8 Å². The zero-order valence-corrected chi connectivity index (χ0v) is 14.1. The van der Waals surface area contributed by atoms with Crippen molar-refractivity contribution < 1.29 is 9.18 Å². The van der Waals surface area contributed by atoms with Gasteiger partial charge in [-0.15, -0.1) is 11.3 Å². The fraction of sp³-hybridized carbons (Fsp3) is 0.286. The third-order valence-electron chi connectivity index (χ3n) is 2.86. The van der Waals surface area contributed by atoms with E-state index in [4.69, 9.17) is 0 Å². The number of hydrogen-bond donors (Lipinski definition) is 1. The van der Waals surface area contributed by atoms with E-state index in [1.54, 1.807) is 17.0 Å². The van der Waals surface area contributed by atoms with Gasteiger partial charge in [0.2, 0.25) is 5.91 Å². The molecule has 0 saturated heterocycles. The molecule has 0 aliphatic rings. The lowest BCUT2D eigenvalue weighted by atomic mass is 10.3. The second kappa shape index (κ2) is 7.00. The minimum atomic E-state index is -0.312. The molecule has 2 rings (SSSR count). The minimum absolute atomic E-state index is 0.0376. The first-order valence-corrected chi connectivity index (χ1v) is 8.10. The number of nitrogens with zero attached hydrogens (tertiary/aromatic N) is 2. The molecule has 1 aromatic heterocycles. The van der Waals surface area contributed by atoms with Crippen molar-refractivity contribution in [1.29, 1.82) is 0 Å². The van der Waals surface area contributed by atoms with Gasteiger partial charge in [0, 0.05) is 23.3 Å². The van der Waals surface area contributed by atoms with Crippen molar-refractivity contribution in [3.8, 4) is 0 Å². The van der Waals surface area contributed by atoms with Gasteiger partial charge in [-0.2, -0.15) is 0 Å². The number of amides is 1. The first-order chi connectivity index (χ1) is 10.0. The monoisotopic (exact) mass is 371 g/mol. The van der Waals surface area contributed by atoms with E-state index < -0.39 is 0 Å². The van der Waals surface area contributed by atoms with Crippen molar-refractivity contribution in [2.45, 2.75) is 20.4 Å². The van der Waals surface area contributed by atoms with E-state index in [2.05, 4.69) is 26.2 Å². The van der Waals surface area contributed by atoms with Crippen LogP contribution in [0, 0.1) is 5.82 Å². The second-order valence-electron chi connectivity index (χ2n) is 4.36. The zero-order chi connectivity index (χ0) is 15.4. The lowest BCUT2D eigenvalue weighted by molar-refractivity contribution is -0.116. The summed E-state index contributed by atoms with van der Waals surface area (Å²) in [5, 5.41) is 5.53. The highest BCUT2D eigenvalue weighted by Gasteiger charge is 2.13. The van der Waals surface area contributed by atoms with Crippen molar-refractivity contribution >= 4 is 44.0 Å². The summed E-state index contributed by atoms with van der Waals surface area (Å²) in [6.07, 6.45) is 0. The minimum Gasteiger partial charge on any atom is -0.377 e. The van der Waals surface area contributed by atoms with E-state index in [9.17, 15) is 9.18 Å². The lowest BCUT2D eigenvalue weighted by Gasteiger charge is -2.14. The molecule has 21 heavy (non-hydrogen) atoms. The van der Waals surface area contributed by atoms with Crippen LogP contribution < -0.4 is 10.2 Å². The Morgan fingerprint density at radius 3 is 2.95 bits per heavy atom. The maximum absolute atomic E-state index is 13.6. The molecule has 0 spiro atoms. The number of hydrogen-bond acceptors (Lipinski definition) is 4. The quantitative estimate of drug-likeness (QED) is 0.862. The Labute approximate surface area is 135 Å². The maximum Gasteiger partial charge on any atom is 0.225 e. The van der Waals surface area contributed by atoms with Crippen LogP contribution in [0.15, 0.2) is 28.1 Å². The standard InChI is InChI=1S/C14H15BrFN3OS/c1-3-19(9(2)20)14-18-11(8-21-14)7-17-13-6-10(15)4-5-12(13)16/h4-6,8,17H,3,7H2,1-2H3. The third kappa shape index (κ3) is 4.01. The van der Waals surface area contributed by atoms with Crippen LogP contribution in [0.1, 0.15) is 19.5 Å². The number of halogens is 2. The van der Waals surface area contributed by atoms with Crippen LogP contribution in [0.5, 0.6) is 0 Å². The molecule has 1 amide bonds. The molecule has 0 saturated carbocycles. The van der Waals surface area contributed by atoms with E-state index >= 15 is 0 Å². The van der Waals surface area contributed by atoms with Crippen LogP contribution in [0.3, 0.4) is 0 Å². The SMILES string of the molecule is CCN(C(C)=O)c1nc(CNc2cc(Br)ccc2F)cs1. The third-order valence-corrected chi connectivity index (χ3v) is 4.26. The highest BCUT2D eigenvalue weighted by molar-refractivity contribution is 9.10. The molecule has 112 valence electrons. The number of aromatic nitrogens is 1. The summed E-state index contributed by atoms with van der Waals surface area (Å²) in [4.78, 5) is 17.5. The van der Waals surface area contributed by atoms with Crippen molar-refractivity contribution in [1.82, 2.24) is 4.98 Å². The average molecular weight is 372 g/mol. The highest BCUT2D eigenvalue weighted by Crippen LogP contribution is 2.23. The van der Waals surface area contributed by atoms with Gasteiger partial charge in [0.05, 0.1) is 17.9 Å². The predicted octanol–water partition coefficient (Wildman–Crippen LogP) is 4.03. The molecule has 2 aromatic rings. The Kier molecular flexibility index (Phi) is 5.30. The lowest BCUT2D eigenvalue weighted by Crippen LogP contribution is -2.27. The largest absolute Gasteiger partial charge is 0.377 e. The van der Waals surface area contributed by atoms with Gasteiger partial charge < -0.3 is 5.32 Å². The van der Waals surface area contributed by atoms with Gasteiger partial charge in [-0.25, -0.2) is 9.37 Å². The molecule has 0 aliphatic heterocycles. The highest BCUT2D eigenvalue weighted by atomic mass is 79.9. The second-order valence-corrected chi connectivity index (χ2v) is 6.11. The fourth-order valence-electron chi connectivity index (χ4n) is 1.81. The van der Waals surface area contributed by atoms with Crippen molar-refractivity contribution in [3.63, 3.8) is 0 Å². The Hall–Kier alpha value is -1.47. The normalized spacial score (nSPS) is 10.5. The van der Waals surface area contributed by atoms with Gasteiger partial charge in [0.15, 0.2) is 5.13 Å². The van der Waals surface area contributed by atoms with Crippen LogP contribution in [0.2, 0.25) is 0 Å². The van der Waals surface area contributed by atoms with E-state index in [1.165, 1.54) is 24.3 Å². The summed E-state index contributed by atoms with van der Waals surface area (Å²) in [6.45, 7) is 4.40. The first kappa shape index (κ1) is 15.9. The molecule has 1 N–H and O–H groups in total. The van der Waals surface area contributed by atoms with Crippen LogP contribution >= 0.6 is 27.3 Å². The van der Waals surface area contributed by atoms with Gasteiger partial charge in [-0.3, -0.25) is 9.69 Å². The molecule has 0 fully saturated rings. The number of nitrogens with one attached hydrogen (secondary N) is 1. The molecule has 0 bridgehead atoms. The number of anilines is 2. The molecule has 7 heteroatoms. The first-order valence-electron chi connectivity index (χ1n) is 6.42. The Morgan fingerprint density at radius 2 is 2.29 bits per heavy atom. The van der Waals surface area contributed by atoms with Gasteiger partial charge in [0.1, 0.15) is 5.82 Å². The predicted molar refractivity (Wildman–Crippen MR) is 87.2 cm³/mol. The summed E-state index contributed by atoms with van der Waals surface area (Å²) >= 11 is 4.71. The van der Waals surface area contributed by atoms with Crippen LogP contribution in [-0.2, 0) is 11.3 Å². The number of rotatable bonds is 5.